The SMILES string of the molecule is NCC(CO)C1CCC(F)(F)CC1. The Labute approximate surface area is 77.1 Å². The van der Waals surface area contributed by atoms with Crippen LogP contribution in [0.2, 0.25) is 0 Å². The summed E-state index contributed by atoms with van der Waals surface area (Å²) >= 11 is 0. The van der Waals surface area contributed by atoms with Crippen LogP contribution in [0, 0.1) is 11.8 Å². The molecule has 1 aliphatic carbocycles. The van der Waals surface area contributed by atoms with Gasteiger partial charge in [-0.15, -0.1) is 0 Å². The number of aliphatic hydroxyl groups is 1. The summed E-state index contributed by atoms with van der Waals surface area (Å²) in [4.78, 5) is 0. The van der Waals surface area contributed by atoms with Gasteiger partial charge in [-0.3, -0.25) is 0 Å². The molecular formula is C9H17F2NO. The summed E-state index contributed by atoms with van der Waals surface area (Å²) in [6.07, 6.45) is 0.896. The highest BCUT2D eigenvalue weighted by Gasteiger charge is 2.36. The van der Waals surface area contributed by atoms with Crippen molar-refractivity contribution in [3.63, 3.8) is 0 Å². The van der Waals surface area contributed by atoms with Gasteiger partial charge >= 0.3 is 0 Å². The van der Waals surface area contributed by atoms with Gasteiger partial charge in [-0.05, 0) is 31.2 Å². The Kier molecular flexibility index (Phi) is 3.62. The van der Waals surface area contributed by atoms with Crippen LogP contribution in [0.5, 0.6) is 0 Å². The number of hydrogen-bond donors (Lipinski definition) is 2. The lowest BCUT2D eigenvalue weighted by atomic mass is 9.79. The van der Waals surface area contributed by atoms with Crippen molar-refractivity contribution in [3.05, 3.63) is 0 Å². The van der Waals surface area contributed by atoms with Crippen molar-refractivity contribution in [2.24, 2.45) is 17.6 Å². The Morgan fingerprint density at radius 1 is 1.38 bits per heavy atom. The van der Waals surface area contributed by atoms with Crippen LogP contribution in [-0.2, 0) is 0 Å². The minimum Gasteiger partial charge on any atom is -0.396 e. The van der Waals surface area contributed by atoms with E-state index in [9.17, 15) is 8.78 Å². The van der Waals surface area contributed by atoms with Crippen LogP contribution in [-0.4, -0.2) is 24.2 Å². The average Bonchev–Trinajstić information content (AvgIpc) is 2.09. The van der Waals surface area contributed by atoms with Gasteiger partial charge in [0.2, 0.25) is 5.92 Å². The molecule has 0 bridgehead atoms. The highest BCUT2D eigenvalue weighted by molar-refractivity contribution is 4.81. The van der Waals surface area contributed by atoms with Gasteiger partial charge in [0.25, 0.3) is 0 Å². The minimum atomic E-state index is -2.48. The first kappa shape index (κ1) is 10.9. The zero-order valence-electron chi connectivity index (χ0n) is 7.68. The standard InChI is InChI=1S/C9H17F2NO/c10-9(11)3-1-7(2-4-9)8(5-12)6-13/h7-8,13H,1-6,12H2. The molecule has 1 fully saturated rings. The molecule has 78 valence electrons. The van der Waals surface area contributed by atoms with E-state index in [1.807, 2.05) is 0 Å². The first-order valence-corrected chi connectivity index (χ1v) is 4.78. The van der Waals surface area contributed by atoms with Crippen molar-refractivity contribution >= 4 is 0 Å². The predicted octanol–water partition coefficient (Wildman–Crippen LogP) is 1.38. The van der Waals surface area contributed by atoms with Crippen LogP contribution < -0.4 is 5.73 Å². The van der Waals surface area contributed by atoms with Gasteiger partial charge in [-0.1, -0.05) is 0 Å². The van der Waals surface area contributed by atoms with Gasteiger partial charge in [-0.2, -0.15) is 0 Å². The van der Waals surface area contributed by atoms with E-state index in [0.717, 1.165) is 0 Å². The van der Waals surface area contributed by atoms with E-state index in [2.05, 4.69) is 0 Å². The Bertz CT molecular complexity index is 150. The monoisotopic (exact) mass is 193 g/mol. The second kappa shape index (κ2) is 4.33. The lowest BCUT2D eigenvalue weighted by Gasteiger charge is -2.32. The first-order chi connectivity index (χ1) is 6.09. The minimum absolute atomic E-state index is 0.0103. The lowest BCUT2D eigenvalue weighted by Crippen LogP contribution is -2.33. The maximum Gasteiger partial charge on any atom is 0.248 e. The Hall–Kier alpha value is -0.220. The van der Waals surface area contributed by atoms with E-state index in [4.69, 9.17) is 10.8 Å². The van der Waals surface area contributed by atoms with Crippen molar-refractivity contribution in [1.29, 1.82) is 0 Å². The van der Waals surface area contributed by atoms with Gasteiger partial charge in [0.15, 0.2) is 0 Å². The molecule has 0 radical (unpaired) electrons. The third-order valence-electron chi connectivity index (χ3n) is 2.97. The molecule has 13 heavy (non-hydrogen) atoms. The summed E-state index contributed by atoms with van der Waals surface area (Å²) in [6, 6.07) is 0. The molecule has 0 saturated heterocycles. The summed E-state index contributed by atoms with van der Waals surface area (Å²) in [7, 11) is 0. The molecule has 0 spiro atoms. The smallest absolute Gasteiger partial charge is 0.248 e. The molecule has 0 aromatic rings. The Balaban J connectivity index is 2.39. The fourth-order valence-corrected chi connectivity index (χ4v) is 1.95. The number of aliphatic hydroxyl groups excluding tert-OH is 1. The molecule has 2 nitrogen and oxygen atoms in total. The summed E-state index contributed by atoms with van der Waals surface area (Å²) in [5, 5.41) is 8.94. The number of hydrogen-bond acceptors (Lipinski definition) is 2. The van der Waals surface area contributed by atoms with Crippen molar-refractivity contribution in [1.82, 2.24) is 0 Å². The van der Waals surface area contributed by atoms with E-state index in [-0.39, 0.29) is 31.3 Å². The van der Waals surface area contributed by atoms with E-state index < -0.39 is 5.92 Å². The van der Waals surface area contributed by atoms with Gasteiger partial charge in [-0.25, -0.2) is 8.78 Å². The quantitative estimate of drug-likeness (QED) is 0.711. The lowest BCUT2D eigenvalue weighted by molar-refractivity contribution is -0.0546. The van der Waals surface area contributed by atoms with E-state index >= 15 is 0 Å². The van der Waals surface area contributed by atoms with Crippen molar-refractivity contribution < 1.29 is 13.9 Å². The molecule has 1 rings (SSSR count). The third-order valence-corrected chi connectivity index (χ3v) is 2.97. The van der Waals surface area contributed by atoms with E-state index in [0.29, 0.717) is 19.4 Å². The molecule has 0 amide bonds. The fraction of sp³-hybridized carbons (Fsp3) is 1.00. The molecule has 1 atom stereocenters. The molecule has 0 aromatic heterocycles. The van der Waals surface area contributed by atoms with E-state index in [1.54, 1.807) is 0 Å². The highest BCUT2D eigenvalue weighted by Crippen LogP contribution is 2.38. The van der Waals surface area contributed by atoms with Gasteiger partial charge in [0.1, 0.15) is 0 Å². The predicted molar refractivity (Wildman–Crippen MR) is 46.5 cm³/mol. The molecule has 1 aliphatic rings. The number of halogens is 2. The van der Waals surface area contributed by atoms with Crippen LogP contribution in [0.3, 0.4) is 0 Å². The van der Waals surface area contributed by atoms with Crippen molar-refractivity contribution in [3.8, 4) is 0 Å². The maximum absolute atomic E-state index is 12.8. The third kappa shape index (κ3) is 2.88. The maximum atomic E-state index is 12.8. The summed E-state index contributed by atoms with van der Waals surface area (Å²) in [5.74, 6) is -2.28. The number of alkyl halides is 2. The molecular weight excluding hydrogens is 176 g/mol. The number of nitrogens with two attached hydrogens (primary N) is 1. The van der Waals surface area contributed by atoms with Crippen LogP contribution in [0.4, 0.5) is 8.78 Å². The van der Waals surface area contributed by atoms with Gasteiger partial charge in [0, 0.05) is 19.4 Å². The van der Waals surface area contributed by atoms with Gasteiger partial charge < -0.3 is 10.8 Å². The molecule has 0 heterocycles. The number of rotatable bonds is 3. The molecule has 0 aliphatic heterocycles. The fourth-order valence-electron chi connectivity index (χ4n) is 1.95. The average molecular weight is 193 g/mol. The Morgan fingerprint density at radius 2 is 1.92 bits per heavy atom. The van der Waals surface area contributed by atoms with Crippen LogP contribution in [0.25, 0.3) is 0 Å². The summed E-state index contributed by atoms with van der Waals surface area (Å²) in [6.45, 7) is 0.416. The largest absolute Gasteiger partial charge is 0.396 e. The molecule has 3 N–H and O–H groups in total. The van der Waals surface area contributed by atoms with Gasteiger partial charge in [0.05, 0.1) is 0 Å². The molecule has 1 saturated carbocycles. The van der Waals surface area contributed by atoms with Crippen molar-refractivity contribution in [2.75, 3.05) is 13.2 Å². The zero-order chi connectivity index (χ0) is 9.90. The first-order valence-electron chi connectivity index (χ1n) is 4.78. The molecule has 4 heteroatoms. The van der Waals surface area contributed by atoms with Crippen LogP contribution in [0.1, 0.15) is 25.7 Å². The Morgan fingerprint density at radius 3 is 2.31 bits per heavy atom. The highest BCUT2D eigenvalue weighted by atomic mass is 19.3. The second-order valence-electron chi connectivity index (χ2n) is 3.87. The summed E-state index contributed by atoms with van der Waals surface area (Å²) < 4.78 is 25.5. The van der Waals surface area contributed by atoms with E-state index in [1.165, 1.54) is 0 Å². The zero-order valence-corrected chi connectivity index (χ0v) is 7.68. The topological polar surface area (TPSA) is 46.2 Å². The summed E-state index contributed by atoms with van der Waals surface area (Å²) in [5.41, 5.74) is 5.43. The van der Waals surface area contributed by atoms with Crippen LogP contribution in [0.15, 0.2) is 0 Å². The second-order valence-corrected chi connectivity index (χ2v) is 3.87. The molecule has 0 aromatic carbocycles. The van der Waals surface area contributed by atoms with Crippen molar-refractivity contribution in [2.45, 2.75) is 31.6 Å². The molecule has 1 unspecified atom stereocenters. The normalized spacial score (nSPS) is 25.8. The van der Waals surface area contributed by atoms with Crippen LogP contribution >= 0.6 is 0 Å².